The molecule has 0 saturated heterocycles. The van der Waals surface area contributed by atoms with Gasteiger partial charge in [0.05, 0.1) is 19.3 Å². The van der Waals surface area contributed by atoms with Crippen LogP contribution in [0.2, 0.25) is 0 Å². The number of aliphatic hydroxyl groups excluding tert-OH is 1. The van der Waals surface area contributed by atoms with E-state index in [1.54, 1.807) is 0 Å². The minimum atomic E-state index is -0.426. The average molecular weight is 263 g/mol. The molecule has 0 aliphatic heterocycles. The van der Waals surface area contributed by atoms with E-state index in [0.717, 1.165) is 11.5 Å². The number of aliphatic hydroxyl groups is 1. The van der Waals surface area contributed by atoms with Crippen LogP contribution < -0.4 is 5.32 Å². The highest BCUT2D eigenvalue weighted by atomic mass is 16.5. The maximum absolute atomic E-state index is 9.84. The number of hydrogen-bond donors (Lipinski definition) is 2. The SMILES string of the molecule is CC(CC1CC1)NCC(O)COCc1ccccc1. The third kappa shape index (κ3) is 6.19. The number of hydrogen-bond acceptors (Lipinski definition) is 3. The maximum atomic E-state index is 9.84. The molecule has 0 aromatic heterocycles. The Kier molecular flexibility index (Phi) is 5.83. The summed E-state index contributed by atoms with van der Waals surface area (Å²) in [4.78, 5) is 0. The van der Waals surface area contributed by atoms with Crippen molar-refractivity contribution in [2.45, 2.75) is 44.9 Å². The average Bonchev–Trinajstić information content (AvgIpc) is 3.22. The predicted molar refractivity (Wildman–Crippen MR) is 76.9 cm³/mol. The van der Waals surface area contributed by atoms with Crippen LogP contribution in [0.4, 0.5) is 0 Å². The van der Waals surface area contributed by atoms with Gasteiger partial charge < -0.3 is 15.2 Å². The maximum Gasteiger partial charge on any atom is 0.0897 e. The molecule has 1 aliphatic carbocycles. The highest BCUT2D eigenvalue weighted by Gasteiger charge is 2.23. The molecule has 1 aromatic carbocycles. The lowest BCUT2D eigenvalue weighted by Gasteiger charge is -2.17. The van der Waals surface area contributed by atoms with Gasteiger partial charge in [0.15, 0.2) is 0 Å². The lowest BCUT2D eigenvalue weighted by atomic mass is 10.1. The molecule has 2 N–H and O–H groups in total. The molecule has 0 heterocycles. The molecule has 3 nitrogen and oxygen atoms in total. The van der Waals surface area contributed by atoms with E-state index in [1.165, 1.54) is 19.3 Å². The monoisotopic (exact) mass is 263 g/mol. The van der Waals surface area contributed by atoms with Crippen LogP contribution in [-0.4, -0.2) is 30.4 Å². The van der Waals surface area contributed by atoms with Crippen LogP contribution in [0.1, 0.15) is 31.7 Å². The van der Waals surface area contributed by atoms with E-state index in [2.05, 4.69) is 12.2 Å². The van der Waals surface area contributed by atoms with Crippen molar-refractivity contribution < 1.29 is 9.84 Å². The Morgan fingerprint density at radius 3 is 2.74 bits per heavy atom. The van der Waals surface area contributed by atoms with E-state index in [0.29, 0.717) is 25.8 Å². The van der Waals surface area contributed by atoms with Crippen molar-refractivity contribution in [2.75, 3.05) is 13.2 Å². The van der Waals surface area contributed by atoms with Crippen molar-refractivity contribution in [3.63, 3.8) is 0 Å². The van der Waals surface area contributed by atoms with Gasteiger partial charge in [-0.3, -0.25) is 0 Å². The van der Waals surface area contributed by atoms with E-state index in [4.69, 9.17) is 4.74 Å². The summed E-state index contributed by atoms with van der Waals surface area (Å²) in [6.07, 6.45) is 3.58. The lowest BCUT2D eigenvalue weighted by Crippen LogP contribution is -2.36. The third-order valence-electron chi connectivity index (χ3n) is 3.51. The topological polar surface area (TPSA) is 41.5 Å². The number of rotatable bonds is 9. The van der Waals surface area contributed by atoms with Gasteiger partial charge in [-0.2, -0.15) is 0 Å². The summed E-state index contributed by atoms with van der Waals surface area (Å²) in [5.41, 5.74) is 1.14. The van der Waals surface area contributed by atoms with Gasteiger partial charge in [0, 0.05) is 12.6 Å². The Bertz CT molecular complexity index is 351. The van der Waals surface area contributed by atoms with Crippen molar-refractivity contribution in [1.29, 1.82) is 0 Å². The van der Waals surface area contributed by atoms with E-state index < -0.39 is 6.10 Å². The number of nitrogens with one attached hydrogen (secondary N) is 1. The first kappa shape index (κ1) is 14.5. The molecule has 1 aliphatic rings. The van der Waals surface area contributed by atoms with Crippen molar-refractivity contribution in [1.82, 2.24) is 5.32 Å². The van der Waals surface area contributed by atoms with E-state index in [1.807, 2.05) is 30.3 Å². The first-order chi connectivity index (χ1) is 9.24. The van der Waals surface area contributed by atoms with Gasteiger partial charge in [-0.25, -0.2) is 0 Å². The molecule has 1 saturated carbocycles. The summed E-state index contributed by atoms with van der Waals surface area (Å²) in [5.74, 6) is 0.925. The normalized spacial score (nSPS) is 18.2. The van der Waals surface area contributed by atoms with Gasteiger partial charge in [0.1, 0.15) is 0 Å². The Morgan fingerprint density at radius 2 is 2.05 bits per heavy atom. The predicted octanol–water partition coefficient (Wildman–Crippen LogP) is 2.34. The molecule has 2 rings (SSSR count). The van der Waals surface area contributed by atoms with E-state index in [9.17, 15) is 5.11 Å². The van der Waals surface area contributed by atoms with Crippen molar-refractivity contribution in [3.8, 4) is 0 Å². The highest BCUT2D eigenvalue weighted by molar-refractivity contribution is 5.13. The summed E-state index contributed by atoms with van der Waals surface area (Å²) in [6.45, 7) is 3.76. The van der Waals surface area contributed by atoms with Gasteiger partial charge in [0.25, 0.3) is 0 Å². The molecule has 1 fully saturated rings. The first-order valence-corrected chi connectivity index (χ1v) is 7.27. The smallest absolute Gasteiger partial charge is 0.0897 e. The zero-order valence-electron chi connectivity index (χ0n) is 11.7. The molecule has 2 atom stereocenters. The largest absolute Gasteiger partial charge is 0.389 e. The quantitative estimate of drug-likeness (QED) is 0.718. The molecule has 0 radical (unpaired) electrons. The van der Waals surface area contributed by atoms with Crippen LogP contribution >= 0.6 is 0 Å². The van der Waals surface area contributed by atoms with Crippen molar-refractivity contribution in [2.24, 2.45) is 5.92 Å². The lowest BCUT2D eigenvalue weighted by molar-refractivity contribution is 0.0276. The molecule has 19 heavy (non-hydrogen) atoms. The fourth-order valence-corrected chi connectivity index (χ4v) is 2.22. The van der Waals surface area contributed by atoms with Crippen LogP contribution in [0.3, 0.4) is 0 Å². The van der Waals surface area contributed by atoms with Crippen LogP contribution in [0.15, 0.2) is 30.3 Å². The zero-order chi connectivity index (χ0) is 13.5. The van der Waals surface area contributed by atoms with Gasteiger partial charge in [0.2, 0.25) is 0 Å². The summed E-state index contributed by atoms with van der Waals surface area (Å²) < 4.78 is 5.52. The van der Waals surface area contributed by atoms with Crippen LogP contribution in [-0.2, 0) is 11.3 Å². The van der Waals surface area contributed by atoms with Crippen molar-refractivity contribution in [3.05, 3.63) is 35.9 Å². The molecule has 2 unspecified atom stereocenters. The Balaban J connectivity index is 1.52. The van der Waals surface area contributed by atoms with Gasteiger partial charge in [-0.1, -0.05) is 43.2 Å². The Morgan fingerprint density at radius 1 is 1.32 bits per heavy atom. The molecular weight excluding hydrogens is 238 g/mol. The van der Waals surface area contributed by atoms with E-state index in [-0.39, 0.29) is 0 Å². The minimum Gasteiger partial charge on any atom is -0.389 e. The summed E-state index contributed by atoms with van der Waals surface area (Å²) in [5, 5.41) is 13.2. The van der Waals surface area contributed by atoms with Gasteiger partial charge >= 0.3 is 0 Å². The van der Waals surface area contributed by atoms with Crippen LogP contribution in [0, 0.1) is 5.92 Å². The fraction of sp³-hybridized carbons (Fsp3) is 0.625. The molecule has 0 spiro atoms. The standard InChI is InChI=1S/C16H25NO2/c1-13(9-14-7-8-14)17-10-16(18)12-19-11-15-5-3-2-4-6-15/h2-6,13-14,16-18H,7-12H2,1H3. The molecule has 3 heteroatoms. The molecule has 106 valence electrons. The summed E-state index contributed by atoms with van der Waals surface area (Å²) in [6, 6.07) is 10.5. The summed E-state index contributed by atoms with van der Waals surface area (Å²) in [7, 11) is 0. The van der Waals surface area contributed by atoms with Crippen molar-refractivity contribution >= 4 is 0 Å². The second-order valence-electron chi connectivity index (χ2n) is 5.64. The third-order valence-corrected chi connectivity index (χ3v) is 3.51. The molecule has 0 amide bonds. The molecule has 1 aromatic rings. The Labute approximate surface area is 116 Å². The zero-order valence-corrected chi connectivity index (χ0v) is 11.7. The first-order valence-electron chi connectivity index (χ1n) is 7.27. The van der Waals surface area contributed by atoms with Crippen LogP contribution in [0.5, 0.6) is 0 Å². The van der Waals surface area contributed by atoms with Gasteiger partial charge in [-0.05, 0) is 24.8 Å². The highest BCUT2D eigenvalue weighted by Crippen LogP contribution is 2.33. The summed E-state index contributed by atoms with van der Waals surface area (Å²) >= 11 is 0. The fourth-order valence-electron chi connectivity index (χ4n) is 2.22. The molecule has 0 bridgehead atoms. The number of benzene rings is 1. The van der Waals surface area contributed by atoms with E-state index >= 15 is 0 Å². The second kappa shape index (κ2) is 7.63. The number of ether oxygens (including phenoxy) is 1. The van der Waals surface area contributed by atoms with Gasteiger partial charge in [-0.15, -0.1) is 0 Å². The molecular formula is C16H25NO2. The van der Waals surface area contributed by atoms with Crippen LogP contribution in [0.25, 0.3) is 0 Å². The Hall–Kier alpha value is -0.900. The minimum absolute atomic E-state index is 0.387. The second-order valence-corrected chi connectivity index (χ2v) is 5.64.